The molecule has 0 spiro atoms. The van der Waals surface area contributed by atoms with Crippen LogP contribution in [0, 0.1) is 45.0 Å². The lowest BCUT2D eigenvalue weighted by Crippen LogP contribution is -2.58. The lowest BCUT2D eigenvalue weighted by molar-refractivity contribution is -0.144. The van der Waals surface area contributed by atoms with E-state index in [1.807, 2.05) is 93.2 Å². The van der Waals surface area contributed by atoms with Crippen LogP contribution in [0.3, 0.4) is 0 Å². The Balaban J connectivity index is 0.807. The predicted molar refractivity (Wildman–Crippen MR) is 276 cm³/mol. The SMILES string of the molecule is Cc1ncsc1-c1ccc(CNC(=O)C2CC(O)CN2C(=O)C(NC(=O)COCCOCCOCCNC(=O)CC2N=C(c3ccc(C#CCN)cc3)c3c(sc(C)c3C)-n3c(C)nnc32)C(C)(C)C)cc1. The van der Waals surface area contributed by atoms with Crippen LogP contribution in [-0.4, -0.2) is 137 Å². The number of hydrogen-bond donors (Lipinski definition) is 5. The summed E-state index contributed by atoms with van der Waals surface area (Å²) in [6.07, 6.45) is -0.748. The van der Waals surface area contributed by atoms with Crippen LogP contribution in [0.4, 0.5) is 0 Å². The van der Waals surface area contributed by atoms with E-state index >= 15 is 0 Å². The van der Waals surface area contributed by atoms with Crippen molar-refractivity contribution in [3.63, 3.8) is 0 Å². The van der Waals surface area contributed by atoms with E-state index in [4.69, 9.17) is 24.9 Å². The summed E-state index contributed by atoms with van der Waals surface area (Å²) in [5, 5.41) is 29.1. The van der Waals surface area contributed by atoms with Crippen molar-refractivity contribution in [1.82, 2.24) is 40.6 Å². The van der Waals surface area contributed by atoms with Gasteiger partial charge in [-0.15, -0.1) is 32.9 Å². The van der Waals surface area contributed by atoms with Gasteiger partial charge >= 0.3 is 0 Å². The molecule has 382 valence electrons. The molecular formula is C52H64N10O8S2. The number of aliphatic hydroxyl groups excluding tert-OH is 1. The van der Waals surface area contributed by atoms with Gasteiger partial charge in [-0.2, -0.15) is 0 Å². The van der Waals surface area contributed by atoms with E-state index in [1.165, 1.54) is 4.90 Å². The van der Waals surface area contributed by atoms with Crippen molar-refractivity contribution in [2.24, 2.45) is 16.1 Å². The van der Waals surface area contributed by atoms with Crippen molar-refractivity contribution in [3.05, 3.63) is 104 Å². The van der Waals surface area contributed by atoms with Gasteiger partial charge < -0.3 is 45.9 Å². The number of carbonyl (C=O) groups is 4. The van der Waals surface area contributed by atoms with Gasteiger partial charge in [0.2, 0.25) is 23.6 Å². The molecular weight excluding hydrogens is 957 g/mol. The summed E-state index contributed by atoms with van der Waals surface area (Å²) in [6.45, 7) is 15.0. The number of fused-ring (bicyclic) bond motifs is 3. The van der Waals surface area contributed by atoms with Gasteiger partial charge in [-0.3, -0.25) is 28.7 Å². The number of nitrogens with one attached hydrogen (secondary N) is 3. The van der Waals surface area contributed by atoms with Crippen molar-refractivity contribution in [2.45, 2.75) is 92.1 Å². The number of aliphatic imine (C=N–C) groups is 1. The minimum Gasteiger partial charge on any atom is -0.391 e. The van der Waals surface area contributed by atoms with Crippen molar-refractivity contribution in [2.75, 3.05) is 59.3 Å². The Kier molecular flexibility index (Phi) is 18.2. The molecule has 2 aliphatic rings. The second kappa shape index (κ2) is 24.5. The number of thiazole rings is 1. The number of ether oxygens (including phenoxy) is 3. The third-order valence-corrected chi connectivity index (χ3v) is 14.5. The molecule has 3 aromatic heterocycles. The van der Waals surface area contributed by atoms with Crippen molar-refractivity contribution in [3.8, 4) is 27.3 Å². The molecule has 2 aromatic carbocycles. The molecule has 6 N–H and O–H groups in total. The van der Waals surface area contributed by atoms with Gasteiger partial charge in [-0.05, 0) is 61.9 Å². The monoisotopic (exact) mass is 1020 g/mol. The van der Waals surface area contributed by atoms with Crippen LogP contribution in [0.5, 0.6) is 0 Å². The van der Waals surface area contributed by atoms with Gasteiger partial charge in [0.15, 0.2) is 5.82 Å². The summed E-state index contributed by atoms with van der Waals surface area (Å²) in [5.74, 6) is 5.71. The third-order valence-electron chi connectivity index (χ3n) is 12.4. The standard InChI is InChI=1S/C52H64N10O8S2/c1-31-33(3)72-51-44(31)45(37-14-10-35(11-15-37)9-8-18-53)57-40(48-60-59-34(4)62(48)51)26-42(64)54-19-20-68-21-22-69-23-24-70-29-43(65)58-47(52(5,6)7)50(67)61-28-39(63)25-41(61)49(66)55-27-36-12-16-38(17-13-36)46-32(2)56-30-71-46/h10-17,30,39-41,47,63H,18-29,53H2,1-7H3,(H,54,64)(H,55,66)(H,58,65). The quantitative estimate of drug-likeness (QED) is 0.0544. The molecule has 20 heteroatoms. The lowest BCUT2D eigenvalue weighted by atomic mass is 9.85. The van der Waals surface area contributed by atoms with Gasteiger partial charge in [-0.1, -0.05) is 69.0 Å². The Hall–Kier alpha value is -6.18. The van der Waals surface area contributed by atoms with Crippen molar-refractivity contribution < 1.29 is 38.5 Å². The third kappa shape index (κ3) is 13.3. The van der Waals surface area contributed by atoms with E-state index in [0.29, 0.717) is 11.6 Å². The Morgan fingerprint density at radius 1 is 0.903 bits per heavy atom. The van der Waals surface area contributed by atoms with E-state index in [9.17, 15) is 24.3 Å². The molecule has 5 heterocycles. The fourth-order valence-electron chi connectivity index (χ4n) is 8.49. The summed E-state index contributed by atoms with van der Waals surface area (Å²) in [5.41, 5.74) is 14.2. The van der Waals surface area contributed by atoms with Crippen LogP contribution in [0.25, 0.3) is 15.4 Å². The van der Waals surface area contributed by atoms with Gasteiger partial charge in [0.25, 0.3) is 0 Å². The molecule has 72 heavy (non-hydrogen) atoms. The molecule has 1 saturated heterocycles. The smallest absolute Gasteiger partial charge is 0.246 e. The normalized spacial score (nSPS) is 16.7. The molecule has 0 radical (unpaired) electrons. The maximum Gasteiger partial charge on any atom is 0.246 e. The summed E-state index contributed by atoms with van der Waals surface area (Å²) >= 11 is 3.22. The highest BCUT2D eigenvalue weighted by Gasteiger charge is 2.44. The number of nitrogens with zero attached hydrogens (tertiary/aromatic N) is 6. The first-order valence-corrected chi connectivity index (χ1v) is 25.7. The number of aromatic nitrogens is 4. The number of benzene rings is 2. The maximum absolute atomic E-state index is 14.0. The Labute approximate surface area is 428 Å². The zero-order valence-corrected chi connectivity index (χ0v) is 43.5. The van der Waals surface area contributed by atoms with E-state index in [-0.39, 0.29) is 90.5 Å². The van der Waals surface area contributed by atoms with E-state index in [2.05, 4.69) is 56.8 Å². The zero-order valence-electron chi connectivity index (χ0n) is 41.9. The molecule has 1 fully saturated rings. The minimum absolute atomic E-state index is 0.0300. The van der Waals surface area contributed by atoms with Crippen LogP contribution in [0.1, 0.15) is 89.7 Å². The fraction of sp³-hybridized carbons (Fsp3) is 0.462. The molecule has 4 unspecified atom stereocenters. The van der Waals surface area contributed by atoms with Crippen LogP contribution >= 0.6 is 22.7 Å². The second-order valence-electron chi connectivity index (χ2n) is 18.8. The topological polar surface area (TPSA) is 238 Å². The van der Waals surface area contributed by atoms with Crippen LogP contribution in [-0.2, 0) is 39.9 Å². The largest absolute Gasteiger partial charge is 0.391 e. The molecule has 0 aliphatic carbocycles. The average Bonchev–Trinajstić information content (AvgIpc) is 4.12. The molecule has 2 aliphatic heterocycles. The second-order valence-corrected chi connectivity index (χ2v) is 20.8. The maximum atomic E-state index is 14.0. The highest BCUT2D eigenvalue weighted by atomic mass is 32.1. The first-order chi connectivity index (χ1) is 34.5. The Morgan fingerprint density at radius 2 is 1.60 bits per heavy atom. The fourth-order valence-corrected chi connectivity index (χ4v) is 10.5. The Morgan fingerprint density at radius 3 is 2.28 bits per heavy atom. The van der Waals surface area contributed by atoms with Gasteiger partial charge in [-0.25, -0.2) is 4.98 Å². The first kappa shape index (κ1) is 53.6. The van der Waals surface area contributed by atoms with Crippen LogP contribution in [0.2, 0.25) is 0 Å². The average molecular weight is 1020 g/mol. The number of nitrogens with two attached hydrogens (primary N) is 1. The molecule has 0 bridgehead atoms. The number of likely N-dealkylation sites (tertiary alicyclic amines) is 1. The Bertz CT molecular complexity index is 2800. The molecule has 5 aromatic rings. The van der Waals surface area contributed by atoms with Gasteiger partial charge in [0.1, 0.15) is 35.6 Å². The number of amides is 4. The number of aliphatic hydroxyl groups is 1. The van der Waals surface area contributed by atoms with E-state index in [0.717, 1.165) is 59.5 Å². The number of aryl methyl sites for hydroxylation is 3. The predicted octanol–water partition coefficient (Wildman–Crippen LogP) is 4.25. The van der Waals surface area contributed by atoms with Gasteiger partial charge in [0, 0.05) is 47.6 Å². The van der Waals surface area contributed by atoms with Crippen molar-refractivity contribution in [1.29, 1.82) is 0 Å². The molecule has 0 saturated carbocycles. The van der Waals surface area contributed by atoms with Gasteiger partial charge in [0.05, 0.1) is 73.9 Å². The highest BCUT2D eigenvalue weighted by molar-refractivity contribution is 7.15. The number of carbonyl (C=O) groups excluding carboxylic acids is 4. The summed E-state index contributed by atoms with van der Waals surface area (Å²) in [4.78, 5) is 67.0. The number of rotatable bonds is 20. The number of β-amino-alcohol motifs (C(OH)–C–C–N with tert-alkyl or cyclic N) is 1. The van der Waals surface area contributed by atoms with Crippen LogP contribution < -0.4 is 21.7 Å². The molecule has 18 nitrogen and oxygen atoms in total. The van der Waals surface area contributed by atoms with E-state index < -0.39 is 41.5 Å². The molecule has 4 atom stereocenters. The number of thiophene rings is 1. The highest BCUT2D eigenvalue weighted by Crippen LogP contribution is 2.39. The van der Waals surface area contributed by atoms with Crippen LogP contribution in [0.15, 0.2) is 59.0 Å². The minimum atomic E-state index is -0.986. The summed E-state index contributed by atoms with van der Waals surface area (Å²) in [6, 6.07) is 13.2. The molecule has 7 rings (SSSR count). The molecule has 4 amide bonds. The number of hydrogen-bond acceptors (Lipinski definition) is 15. The van der Waals surface area contributed by atoms with E-state index in [1.54, 1.807) is 22.7 Å². The van der Waals surface area contributed by atoms with Crippen molar-refractivity contribution >= 4 is 52.0 Å². The summed E-state index contributed by atoms with van der Waals surface area (Å²) in [7, 11) is 0. The zero-order chi connectivity index (χ0) is 51.5. The summed E-state index contributed by atoms with van der Waals surface area (Å²) < 4.78 is 18.9. The first-order valence-electron chi connectivity index (χ1n) is 24.0. The lowest BCUT2D eigenvalue weighted by Gasteiger charge is -2.35.